The lowest BCUT2D eigenvalue weighted by molar-refractivity contribution is 0.0478. The van der Waals surface area contributed by atoms with Crippen molar-refractivity contribution >= 4 is 28.5 Å². The van der Waals surface area contributed by atoms with Crippen LogP contribution in [0.1, 0.15) is 29.3 Å². The van der Waals surface area contributed by atoms with Gasteiger partial charge in [-0.3, -0.25) is 4.79 Å². The molecule has 0 aliphatic carbocycles. The summed E-state index contributed by atoms with van der Waals surface area (Å²) < 4.78 is 0.904. The number of nitrogens with one attached hydrogen (secondary N) is 1. The number of carbonyl (C=O) groups is 1. The zero-order chi connectivity index (χ0) is 16.0. The van der Waals surface area contributed by atoms with Gasteiger partial charge >= 0.3 is 0 Å². The smallest absolute Gasteiger partial charge is 0.252 e. The Morgan fingerprint density at radius 3 is 2.45 bits per heavy atom. The Balaban J connectivity index is 1.87. The maximum absolute atomic E-state index is 12.2. The molecular weight excluding hydrogens is 389 g/mol. The normalized spacial score (nSPS) is 13.4. The molecule has 4 heteroatoms. The molecule has 0 spiro atoms. The number of aryl methyl sites for hydroxylation is 1. The van der Waals surface area contributed by atoms with Crippen molar-refractivity contribution in [3.63, 3.8) is 0 Å². The van der Waals surface area contributed by atoms with Gasteiger partial charge in [-0.25, -0.2) is 0 Å². The predicted molar refractivity (Wildman–Crippen MR) is 96.9 cm³/mol. The highest BCUT2D eigenvalue weighted by Crippen LogP contribution is 2.15. The number of rotatable bonds is 6. The highest BCUT2D eigenvalue weighted by Gasteiger charge is 2.21. The molecule has 0 aliphatic rings. The quantitative estimate of drug-likeness (QED) is 0.719. The number of amides is 1. The third kappa shape index (κ3) is 5.10. The average Bonchev–Trinajstić information content (AvgIpc) is 2.52. The molecule has 0 aromatic heterocycles. The molecule has 116 valence electrons. The van der Waals surface area contributed by atoms with Crippen LogP contribution in [0.25, 0.3) is 0 Å². The van der Waals surface area contributed by atoms with E-state index < -0.39 is 5.60 Å². The van der Waals surface area contributed by atoms with E-state index in [0.29, 0.717) is 12.0 Å². The van der Waals surface area contributed by atoms with E-state index in [4.69, 9.17) is 0 Å². The SMILES string of the molecule is CC(O)(CCc1ccccc1)CNC(=O)c1ccccc1I. The molecule has 1 atom stereocenters. The summed E-state index contributed by atoms with van der Waals surface area (Å²) in [4.78, 5) is 12.2. The summed E-state index contributed by atoms with van der Waals surface area (Å²) in [5.41, 5.74) is 0.903. The van der Waals surface area contributed by atoms with Crippen molar-refractivity contribution in [2.45, 2.75) is 25.4 Å². The van der Waals surface area contributed by atoms with Gasteiger partial charge in [-0.1, -0.05) is 42.5 Å². The van der Waals surface area contributed by atoms with E-state index in [-0.39, 0.29) is 12.5 Å². The molecule has 3 nitrogen and oxygen atoms in total. The van der Waals surface area contributed by atoms with E-state index in [9.17, 15) is 9.90 Å². The molecule has 0 radical (unpaired) electrons. The molecule has 2 rings (SSSR count). The first-order valence-electron chi connectivity index (χ1n) is 7.27. The summed E-state index contributed by atoms with van der Waals surface area (Å²) in [5, 5.41) is 13.2. The third-order valence-corrected chi connectivity index (χ3v) is 4.48. The summed E-state index contributed by atoms with van der Waals surface area (Å²) in [7, 11) is 0. The largest absolute Gasteiger partial charge is 0.388 e. The maximum atomic E-state index is 12.2. The second-order valence-corrected chi connectivity index (χ2v) is 6.81. The van der Waals surface area contributed by atoms with Crippen LogP contribution in [-0.2, 0) is 6.42 Å². The number of carbonyl (C=O) groups excluding carboxylic acids is 1. The Bertz CT molecular complexity index is 626. The van der Waals surface area contributed by atoms with Gasteiger partial charge in [0.25, 0.3) is 5.91 Å². The van der Waals surface area contributed by atoms with Crippen molar-refractivity contribution in [2.75, 3.05) is 6.54 Å². The van der Waals surface area contributed by atoms with Crippen molar-refractivity contribution < 1.29 is 9.90 Å². The molecule has 22 heavy (non-hydrogen) atoms. The van der Waals surface area contributed by atoms with Crippen LogP contribution in [-0.4, -0.2) is 23.2 Å². The van der Waals surface area contributed by atoms with Crippen LogP contribution in [0.15, 0.2) is 54.6 Å². The fourth-order valence-electron chi connectivity index (χ4n) is 2.16. The van der Waals surface area contributed by atoms with Gasteiger partial charge in [0.15, 0.2) is 0 Å². The van der Waals surface area contributed by atoms with Gasteiger partial charge in [0.05, 0.1) is 11.2 Å². The van der Waals surface area contributed by atoms with Gasteiger partial charge < -0.3 is 10.4 Å². The molecule has 2 aromatic rings. The summed E-state index contributed by atoms with van der Waals surface area (Å²) in [6, 6.07) is 17.5. The summed E-state index contributed by atoms with van der Waals surface area (Å²) in [6.45, 7) is 2.00. The van der Waals surface area contributed by atoms with Crippen LogP contribution >= 0.6 is 22.6 Å². The van der Waals surface area contributed by atoms with Gasteiger partial charge in [-0.2, -0.15) is 0 Å². The zero-order valence-corrected chi connectivity index (χ0v) is 14.7. The number of aliphatic hydroxyl groups is 1. The first kappa shape index (κ1) is 17.0. The Morgan fingerprint density at radius 2 is 1.77 bits per heavy atom. The maximum Gasteiger partial charge on any atom is 0.252 e. The average molecular weight is 409 g/mol. The molecular formula is C18H20INO2. The monoisotopic (exact) mass is 409 g/mol. The second kappa shape index (κ2) is 7.74. The van der Waals surface area contributed by atoms with Crippen molar-refractivity contribution in [1.29, 1.82) is 0 Å². The Kier molecular flexibility index (Phi) is 5.97. The predicted octanol–water partition coefficient (Wildman–Crippen LogP) is 3.40. The van der Waals surface area contributed by atoms with Crippen molar-refractivity contribution in [3.8, 4) is 0 Å². The minimum absolute atomic E-state index is 0.148. The first-order chi connectivity index (χ1) is 10.5. The molecule has 0 saturated heterocycles. The van der Waals surface area contributed by atoms with Crippen molar-refractivity contribution in [3.05, 3.63) is 69.3 Å². The molecule has 0 fully saturated rings. The number of hydrogen-bond donors (Lipinski definition) is 2. The van der Waals surface area contributed by atoms with Crippen molar-refractivity contribution in [1.82, 2.24) is 5.32 Å². The molecule has 1 unspecified atom stereocenters. The van der Waals surface area contributed by atoms with E-state index in [1.165, 1.54) is 5.56 Å². The summed E-state index contributed by atoms with van der Waals surface area (Å²) >= 11 is 2.14. The zero-order valence-electron chi connectivity index (χ0n) is 12.6. The minimum Gasteiger partial charge on any atom is -0.388 e. The lowest BCUT2D eigenvalue weighted by Crippen LogP contribution is -2.41. The number of halogens is 1. The third-order valence-electron chi connectivity index (χ3n) is 3.54. The van der Waals surface area contributed by atoms with Gasteiger partial charge in [0, 0.05) is 10.1 Å². The van der Waals surface area contributed by atoms with E-state index in [2.05, 4.69) is 27.9 Å². The van der Waals surface area contributed by atoms with Crippen LogP contribution in [0.3, 0.4) is 0 Å². The van der Waals surface area contributed by atoms with Gasteiger partial charge in [0.2, 0.25) is 0 Å². The second-order valence-electron chi connectivity index (χ2n) is 5.65. The lowest BCUT2D eigenvalue weighted by atomic mass is 9.96. The molecule has 0 aliphatic heterocycles. The Morgan fingerprint density at radius 1 is 1.14 bits per heavy atom. The highest BCUT2D eigenvalue weighted by atomic mass is 127. The Hall–Kier alpha value is -1.40. The molecule has 1 amide bonds. The van der Waals surface area contributed by atoms with E-state index >= 15 is 0 Å². The fraction of sp³-hybridized carbons (Fsp3) is 0.278. The topological polar surface area (TPSA) is 49.3 Å². The van der Waals surface area contributed by atoms with Crippen LogP contribution in [0.5, 0.6) is 0 Å². The standard InChI is InChI=1S/C18H20INO2/c1-18(22,12-11-14-7-3-2-4-8-14)13-20-17(21)15-9-5-6-10-16(15)19/h2-10,22H,11-13H2,1H3,(H,20,21). The van der Waals surface area contributed by atoms with E-state index in [0.717, 1.165) is 9.99 Å². The summed E-state index contributed by atoms with van der Waals surface area (Å²) in [6.07, 6.45) is 1.38. The van der Waals surface area contributed by atoms with E-state index in [1.54, 1.807) is 13.0 Å². The molecule has 2 aromatic carbocycles. The fourth-order valence-corrected chi connectivity index (χ4v) is 2.79. The summed E-state index contributed by atoms with van der Waals surface area (Å²) in [5.74, 6) is -0.148. The van der Waals surface area contributed by atoms with Gasteiger partial charge in [0.1, 0.15) is 0 Å². The van der Waals surface area contributed by atoms with E-state index in [1.807, 2.05) is 48.5 Å². The van der Waals surface area contributed by atoms with Crippen molar-refractivity contribution in [2.24, 2.45) is 0 Å². The number of hydrogen-bond acceptors (Lipinski definition) is 2. The lowest BCUT2D eigenvalue weighted by Gasteiger charge is -2.24. The Labute approximate surface area is 144 Å². The molecule has 2 N–H and O–H groups in total. The van der Waals surface area contributed by atoms with Gasteiger partial charge in [-0.05, 0) is 60.1 Å². The van der Waals surface area contributed by atoms with Crippen LogP contribution < -0.4 is 5.32 Å². The highest BCUT2D eigenvalue weighted by molar-refractivity contribution is 14.1. The molecule has 0 heterocycles. The minimum atomic E-state index is -0.925. The van der Waals surface area contributed by atoms with Gasteiger partial charge in [-0.15, -0.1) is 0 Å². The molecule has 0 bridgehead atoms. The molecule has 0 saturated carbocycles. The van der Waals surface area contributed by atoms with Crippen LogP contribution in [0.4, 0.5) is 0 Å². The van der Waals surface area contributed by atoms with Crippen LogP contribution in [0.2, 0.25) is 0 Å². The number of benzene rings is 2. The van der Waals surface area contributed by atoms with Crippen LogP contribution in [0, 0.1) is 3.57 Å². The first-order valence-corrected chi connectivity index (χ1v) is 8.35.